The molecule has 0 spiro atoms. The van der Waals surface area contributed by atoms with Crippen molar-refractivity contribution in [3.63, 3.8) is 0 Å². The quantitative estimate of drug-likeness (QED) is 0.728. The van der Waals surface area contributed by atoms with Crippen LogP contribution in [0.15, 0.2) is 22.8 Å². The molecule has 86 valence electrons. The molecule has 2 aromatic heterocycles. The lowest BCUT2D eigenvalue weighted by atomic mass is 10.2. The summed E-state index contributed by atoms with van der Waals surface area (Å²) in [5.41, 5.74) is 1.89. The van der Waals surface area contributed by atoms with E-state index in [9.17, 15) is 4.79 Å². The Kier molecular flexibility index (Phi) is 2.96. The lowest BCUT2D eigenvalue weighted by Gasteiger charge is -2.12. The fourth-order valence-electron chi connectivity index (χ4n) is 1.51. The zero-order valence-electron chi connectivity index (χ0n) is 8.99. The van der Waals surface area contributed by atoms with Crippen LogP contribution in [0.1, 0.15) is 23.8 Å². The van der Waals surface area contributed by atoms with E-state index in [0.29, 0.717) is 17.7 Å². The molecule has 3 N–H and O–H groups in total. The number of carbonyl (C=O) groups excluding carboxylic acids is 1. The smallest absolute Gasteiger partial charge is 0.268 e. The minimum absolute atomic E-state index is 0.0565. The maximum Gasteiger partial charge on any atom is 0.268 e. The van der Waals surface area contributed by atoms with Crippen LogP contribution in [0.25, 0.3) is 11.1 Å². The predicted molar refractivity (Wildman–Crippen MR) is 59.2 cm³/mol. The molecule has 0 aliphatic heterocycles. The normalized spacial score (nSPS) is 12.9. The van der Waals surface area contributed by atoms with Crippen LogP contribution in [0, 0.1) is 0 Å². The highest BCUT2D eigenvalue weighted by Crippen LogP contribution is 2.15. The molecule has 0 radical (unpaired) electrons. The minimum Gasteiger partial charge on any atom is -0.463 e. The SMILES string of the molecule is CCC(CO)NC(=O)c1cc2occc2[nH]1. The van der Waals surface area contributed by atoms with Gasteiger partial charge < -0.3 is 19.8 Å². The maximum atomic E-state index is 11.7. The van der Waals surface area contributed by atoms with Crippen molar-refractivity contribution in [3.05, 3.63) is 24.1 Å². The number of aromatic amines is 1. The molecule has 0 aliphatic carbocycles. The number of aromatic nitrogens is 1. The van der Waals surface area contributed by atoms with E-state index < -0.39 is 0 Å². The number of amides is 1. The average molecular weight is 222 g/mol. The highest BCUT2D eigenvalue weighted by atomic mass is 16.3. The average Bonchev–Trinajstić information content (AvgIpc) is 2.85. The molecule has 1 amide bonds. The lowest BCUT2D eigenvalue weighted by Crippen LogP contribution is -2.37. The predicted octanol–water partition coefficient (Wildman–Crippen LogP) is 1.26. The van der Waals surface area contributed by atoms with E-state index >= 15 is 0 Å². The van der Waals surface area contributed by atoms with Crippen LogP contribution in [0.4, 0.5) is 0 Å². The van der Waals surface area contributed by atoms with E-state index in [0.717, 1.165) is 5.52 Å². The highest BCUT2D eigenvalue weighted by molar-refractivity contribution is 5.96. The Bertz CT molecular complexity index is 454. The van der Waals surface area contributed by atoms with Gasteiger partial charge in [0.25, 0.3) is 5.91 Å². The van der Waals surface area contributed by atoms with Crippen molar-refractivity contribution in [1.82, 2.24) is 10.3 Å². The van der Waals surface area contributed by atoms with E-state index in [1.807, 2.05) is 6.92 Å². The van der Waals surface area contributed by atoms with Gasteiger partial charge in [-0.1, -0.05) is 6.92 Å². The number of aliphatic hydroxyl groups excluding tert-OH is 1. The third kappa shape index (κ3) is 1.94. The summed E-state index contributed by atoms with van der Waals surface area (Å²) in [4.78, 5) is 14.7. The van der Waals surface area contributed by atoms with Gasteiger partial charge in [-0.05, 0) is 6.42 Å². The zero-order chi connectivity index (χ0) is 11.5. The van der Waals surface area contributed by atoms with Gasteiger partial charge in [0.2, 0.25) is 0 Å². The number of hydrogen-bond donors (Lipinski definition) is 3. The number of H-pyrrole nitrogens is 1. The van der Waals surface area contributed by atoms with Crippen LogP contribution in [0.3, 0.4) is 0 Å². The minimum atomic E-state index is -0.229. The first kappa shape index (κ1) is 10.8. The van der Waals surface area contributed by atoms with Crippen molar-refractivity contribution in [3.8, 4) is 0 Å². The molecule has 16 heavy (non-hydrogen) atoms. The van der Waals surface area contributed by atoms with Crippen LogP contribution in [0.2, 0.25) is 0 Å². The third-order valence-corrected chi connectivity index (χ3v) is 2.53. The molecule has 2 heterocycles. The molecular formula is C11H14N2O3. The summed E-state index contributed by atoms with van der Waals surface area (Å²) in [7, 11) is 0. The molecule has 1 atom stereocenters. The fraction of sp³-hybridized carbons (Fsp3) is 0.364. The molecule has 5 heteroatoms. The summed E-state index contributed by atoms with van der Waals surface area (Å²) in [6, 6.07) is 3.20. The number of carbonyl (C=O) groups is 1. The topological polar surface area (TPSA) is 78.3 Å². The first-order valence-electron chi connectivity index (χ1n) is 5.22. The molecule has 0 bridgehead atoms. The molecular weight excluding hydrogens is 208 g/mol. The van der Waals surface area contributed by atoms with Crippen LogP contribution < -0.4 is 5.32 Å². The van der Waals surface area contributed by atoms with Crippen molar-refractivity contribution in [2.75, 3.05) is 6.61 Å². The van der Waals surface area contributed by atoms with Gasteiger partial charge >= 0.3 is 0 Å². The van der Waals surface area contributed by atoms with Gasteiger partial charge in [-0.2, -0.15) is 0 Å². The van der Waals surface area contributed by atoms with E-state index in [1.54, 1.807) is 18.4 Å². The number of rotatable bonds is 4. The van der Waals surface area contributed by atoms with Gasteiger partial charge in [0.1, 0.15) is 5.69 Å². The summed E-state index contributed by atoms with van der Waals surface area (Å²) in [5, 5.41) is 11.7. The number of nitrogens with one attached hydrogen (secondary N) is 2. The van der Waals surface area contributed by atoms with Gasteiger partial charge in [0.15, 0.2) is 5.58 Å². The number of furan rings is 1. The number of fused-ring (bicyclic) bond motifs is 1. The Balaban J connectivity index is 2.12. The second-order valence-electron chi connectivity index (χ2n) is 3.64. The zero-order valence-corrected chi connectivity index (χ0v) is 8.99. The second kappa shape index (κ2) is 4.40. The van der Waals surface area contributed by atoms with Crippen molar-refractivity contribution in [2.45, 2.75) is 19.4 Å². The Morgan fingerprint density at radius 2 is 2.50 bits per heavy atom. The molecule has 0 aromatic carbocycles. The molecule has 2 rings (SSSR count). The Hall–Kier alpha value is -1.75. The van der Waals surface area contributed by atoms with E-state index in [1.165, 1.54) is 0 Å². The van der Waals surface area contributed by atoms with E-state index in [2.05, 4.69) is 10.3 Å². The summed E-state index contributed by atoms with van der Waals surface area (Å²) in [6.07, 6.45) is 2.25. The molecule has 5 nitrogen and oxygen atoms in total. The molecule has 0 fully saturated rings. The fourth-order valence-corrected chi connectivity index (χ4v) is 1.51. The molecule has 0 saturated carbocycles. The van der Waals surface area contributed by atoms with Gasteiger partial charge in [0.05, 0.1) is 24.4 Å². The molecule has 2 aromatic rings. The summed E-state index contributed by atoms with van der Waals surface area (Å²) in [6.45, 7) is 1.85. The maximum absolute atomic E-state index is 11.7. The molecule has 0 saturated heterocycles. The van der Waals surface area contributed by atoms with Crippen molar-refractivity contribution >= 4 is 17.0 Å². The third-order valence-electron chi connectivity index (χ3n) is 2.53. The first-order chi connectivity index (χ1) is 7.74. The van der Waals surface area contributed by atoms with Crippen molar-refractivity contribution in [1.29, 1.82) is 0 Å². The number of hydrogen-bond acceptors (Lipinski definition) is 3. The van der Waals surface area contributed by atoms with Gasteiger partial charge in [-0.3, -0.25) is 4.79 Å². The first-order valence-corrected chi connectivity index (χ1v) is 5.22. The van der Waals surface area contributed by atoms with E-state index in [4.69, 9.17) is 9.52 Å². The Morgan fingerprint density at radius 1 is 1.69 bits per heavy atom. The van der Waals surface area contributed by atoms with Gasteiger partial charge in [-0.25, -0.2) is 0 Å². The molecule has 1 unspecified atom stereocenters. The summed E-state index contributed by atoms with van der Waals surface area (Å²) >= 11 is 0. The van der Waals surface area contributed by atoms with Gasteiger partial charge in [0, 0.05) is 12.1 Å². The summed E-state index contributed by atoms with van der Waals surface area (Å²) in [5.74, 6) is -0.229. The van der Waals surface area contributed by atoms with Crippen LogP contribution >= 0.6 is 0 Å². The highest BCUT2D eigenvalue weighted by Gasteiger charge is 2.14. The van der Waals surface area contributed by atoms with Crippen LogP contribution in [-0.2, 0) is 0 Å². The van der Waals surface area contributed by atoms with Crippen LogP contribution in [0.5, 0.6) is 0 Å². The monoisotopic (exact) mass is 222 g/mol. The second-order valence-corrected chi connectivity index (χ2v) is 3.64. The van der Waals surface area contributed by atoms with Crippen LogP contribution in [-0.4, -0.2) is 28.6 Å². The summed E-state index contributed by atoms with van der Waals surface area (Å²) < 4.78 is 5.15. The Labute approximate surface area is 92.4 Å². The lowest BCUT2D eigenvalue weighted by molar-refractivity contribution is 0.0910. The standard InChI is InChI=1S/C11H14N2O3/c1-2-7(6-14)12-11(15)9-5-10-8(13-9)3-4-16-10/h3-5,7,13-14H,2,6H2,1H3,(H,12,15). The Morgan fingerprint density at radius 3 is 3.12 bits per heavy atom. The van der Waals surface area contributed by atoms with E-state index in [-0.39, 0.29) is 18.6 Å². The van der Waals surface area contributed by atoms with Gasteiger partial charge in [-0.15, -0.1) is 0 Å². The number of aliphatic hydroxyl groups is 1. The largest absolute Gasteiger partial charge is 0.463 e. The molecule has 0 aliphatic rings. The van der Waals surface area contributed by atoms with Crippen molar-refractivity contribution in [2.24, 2.45) is 0 Å². The van der Waals surface area contributed by atoms with Crippen molar-refractivity contribution < 1.29 is 14.3 Å².